The molecule has 3 rings (SSSR count). The number of carbonyl (C=O) groups is 2. The Morgan fingerprint density at radius 3 is 2.11 bits per heavy atom. The van der Waals surface area contributed by atoms with Crippen molar-refractivity contribution in [3.05, 3.63) is 101 Å². The van der Waals surface area contributed by atoms with E-state index in [1.807, 2.05) is 75.4 Å². The van der Waals surface area contributed by atoms with E-state index in [0.29, 0.717) is 18.7 Å². The van der Waals surface area contributed by atoms with Crippen LogP contribution in [-0.2, 0) is 32.6 Å². The SMILES string of the molecule is CCNC(=O)[C@@H](Cc1ccccc1)N(Cc1ccccc1C)C(=O)CN(c1ccc(C)cc1)S(C)(=O)=O. The van der Waals surface area contributed by atoms with E-state index in [-0.39, 0.29) is 12.5 Å². The van der Waals surface area contributed by atoms with Crippen molar-refractivity contribution in [3.8, 4) is 0 Å². The molecule has 196 valence electrons. The molecule has 0 saturated heterocycles. The van der Waals surface area contributed by atoms with Gasteiger partial charge in [0.2, 0.25) is 21.8 Å². The number of hydrogen-bond donors (Lipinski definition) is 1. The van der Waals surface area contributed by atoms with E-state index in [0.717, 1.165) is 32.8 Å². The Kier molecular flexibility index (Phi) is 9.47. The molecular weight excluding hydrogens is 486 g/mol. The molecule has 0 spiro atoms. The average molecular weight is 522 g/mol. The fourth-order valence-corrected chi connectivity index (χ4v) is 4.99. The average Bonchev–Trinajstić information content (AvgIpc) is 2.86. The number of likely N-dealkylation sites (N-methyl/N-ethyl adjacent to an activating group) is 1. The van der Waals surface area contributed by atoms with Crippen LogP contribution >= 0.6 is 0 Å². The molecule has 1 N–H and O–H groups in total. The van der Waals surface area contributed by atoms with Gasteiger partial charge in [-0.25, -0.2) is 8.42 Å². The molecule has 0 bridgehead atoms. The molecule has 7 nitrogen and oxygen atoms in total. The summed E-state index contributed by atoms with van der Waals surface area (Å²) < 4.78 is 26.6. The standard InChI is InChI=1S/C29H35N3O4S/c1-5-30-29(34)27(19-24-12-7-6-8-13-24)31(20-25-14-10-9-11-23(25)3)28(33)21-32(37(4,35)36)26-17-15-22(2)16-18-26/h6-18,27H,5,19-21H2,1-4H3,(H,30,34)/t27-/m1/s1. The normalized spacial score (nSPS) is 12.0. The summed E-state index contributed by atoms with van der Waals surface area (Å²) >= 11 is 0. The number of amides is 2. The fourth-order valence-electron chi connectivity index (χ4n) is 4.14. The van der Waals surface area contributed by atoms with Crippen molar-refractivity contribution in [2.45, 2.75) is 39.8 Å². The zero-order valence-corrected chi connectivity index (χ0v) is 22.7. The van der Waals surface area contributed by atoms with Crippen LogP contribution in [0, 0.1) is 13.8 Å². The van der Waals surface area contributed by atoms with E-state index in [4.69, 9.17) is 0 Å². The molecule has 3 aromatic rings. The van der Waals surface area contributed by atoms with Crippen molar-refractivity contribution < 1.29 is 18.0 Å². The summed E-state index contributed by atoms with van der Waals surface area (Å²) in [5.41, 5.74) is 4.14. The van der Waals surface area contributed by atoms with Gasteiger partial charge in [-0.2, -0.15) is 0 Å². The predicted octanol–water partition coefficient (Wildman–Crippen LogP) is 3.85. The van der Waals surface area contributed by atoms with Crippen molar-refractivity contribution in [3.63, 3.8) is 0 Å². The third kappa shape index (κ3) is 7.67. The quantitative estimate of drug-likeness (QED) is 0.415. The topological polar surface area (TPSA) is 86.8 Å². The summed E-state index contributed by atoms with van der Waals surface area (Å²) in [6, 6.07) is 23.3. The van der Waals surface area contributed by atoms with Crippen molar-refractivity contribution >= 4 is 27.5 Å². The van der Waals surface area contributed by atoms with Gasteiger partial charge in [0.05, 0.1) is 11.9 Å². The summed E-state index contributed by atoms with van der Waals surface area (Å²) in [6.07, 6.45) is 1.38. The minimum Gasteiger partial charge on any atom is -0.355 e. The Hall–Kier alpha value is -3.65. The number of benzene rings is 3. The van der Waals surface area contributed by atoms with Crippen LogP contribution in [0.2, 0.25) is 0 Å². The van der Waals surface area contributed by atoms with Crippen molar-refractivity contribution in [1.82, 2.24) is 10.2 Å². The first-order valence-electron chi connectivity index (χ1n) is 12.3. The van der Waals surface area contributed by atoms with Crippen LogP contribution in [0.15, 0.2) is 78.9 Å². The smallest absolute Gasteiger partial charge is 0.244 e. The molecule has 8 heteroatoms. The highest BCUT2D eigenvalue weighted by Gasteiger charge is 2.33. The van der Waals surface area contributed by atoms with Gasteiger partial charge in [0.1, 0.15) is 12.6 Å². The second-order valence-corrected chi connectivity index (χ2v) is 11.1. The molecule has 1 atom stereocenters. The summed E-state index contributed by atoms with van der Waals surface area (Å²) in [4.78, 5) is 28.8. The minimum absolute atomic E-state index is 0.172. The minimum atomic E-state index is -3.77. The molecule has 0 aromatic heterocycles. The highest BCUT2D eigenvalue weighted by molar-refractivity contribution is 7.92. The second kappa shape index (κ2) is 12.5. The molecule has 0 aliphatic carbocycles. The fraction of sp³-hybridized carbons (Fsp3) is 0.310. The van der Waals surface area contributed by atoms with Crippen LogP contribution in [0.4, 0.5) is 5.69 Å². The lowest BCUT2D eigenvalue weighted by atomic mass is 10.0. The summed E-state index contributed by atoms with van der Waals surface area (Å²) in [5.74, 6) is -0.740. The van der Waals surface area contributed by atoms with Crippen LogP contribution in [-0.4, -0.2) is 50.5 Å². The maximum Gasteiger partial charge on any atom is 0.244 e. The summed E-state index contributed by atoms with van der Waals surface area (Å²) in [6.45, 7) is 5.85. The van der Waals surface area contributed by atoms with Gasteiger partial charge in [0.25, 0.3) is 0 Å². The lowest BCUT2D eigenvalue weighted by Crippen LogP contribution is -2.53. The Labute approximate surface area is 220 Å². The zero-order chi connectivity index (χ0) is 27.0. The number of aryl methyl sites for hydroxylation is 2. The summed E-state index contributed by atoms with van der Waals surface area (Å²) in [5, 5.41) is 2.86. The number of nitrogens with one attached hydrogen (secondary N) is 1. The Morgan fingerprint density at radius 1 is 0.892 bits per heavy atom. The molecule has 3 aromatic carbocycles. The number of anilines is 1. The Bertz CT molecular complexity index is 1310. The molecule has 2 amide bonds. The maximum absolute atomic E-state index is 13.9. The second-order valence-electron chi connectivity index (χ2n) is 9.15. The van der Waals surface area contributed by atoms with Gasteiger partial charge < -0.3 is 10.2 Å². The third-order valence-corrected chi connectivity index (χ3v) is 7.37. The van der Waals surface area contributed by atoms with E-state index in [9.17, 15) is 18.0 Å². The first kappa shape index (κ1) is 27.9. The van der Waals surface area contributed by atoms with E-state index in [1.54, 1.807) is 24.3 Å². The molecule has 0 aliphatic heterocycles. The summed E-state index contributed by atoms with van der Waals surface area (Å²) in [7, 11) is -3.77. The Balaban J connectivity index is 2.04. The molecule has 0 heterocycles. The number of sulfonamides is 1. The van der Waals surface area contributed by atoms with Gasteiger partial charge in [-0.15, -0.1) is 0 Å². The number of nitrogens with zero attached hydrogens (tertiary/aromatic N) is 2. The van der Waals surface area contributed by atoms with Gasteiger partial charge in [0, 0.05) is 19.5 Å². The molecule has 0 fully saturated rings. The monoisotopic (exact) mass is 521 g/mol. The molecule has 0 saturated carbocycles. The molecule has 37 heavy (non-hydrogen) atoms. The molecule has 0 aliphatic rings. The molecule has 0 radical (unpaired) electrons. The zero-order valence-electron chi connectivity index (χ0n) is 21.8. The van der Waals surface area contributed by atoms with Crippen LogP contribution in [0.1, 0.15) is 29.2 Å². The lowest BCUT2D eigenvalue weighted by Gasteiger charge is -2.33. The van der Waals surface area contributed by atoms with Gasteiger partial charge in [0.15, 0.2) is 0 Å². The largest absolute Gasteiger partial charge is 0.355 e. The highest BCUT2D eigenvalue weighted by atomic mass is 32.2. The first-order chi connectivity index (χ1) is 17.6. The number of carbonyl (C=O) groups excluding carboxylic acids is 2. The van der Waals surface area contributed by atoms with Gasteiger partial charge in [-0.3, -0.25) is 13.9 Å². The van der Waals surface area contributed by atoms with Crippen LogP contribution in [0.25, 0.3) is 0 Å². The van der Waals surface area contributed by atoms with E-state index in [2.05, 4.69) is 5.32 Å². The molecular formula is C29H35N3O4S. The Morgan fingerprint density at radius 2 is 1.51 bits per heavy atom. The highest BCUT2D eigenvalue weighted by Crippen LogP contribution is 2.21. The molecule has 0 unspecified atom stereocenters. The van der Waals surface area contributed by atoms with E-state index >= 15 is 0 Å². The van der Waals surface area contributed by atoms with Crippen LogP contribution in [0.5, 0.6) is 0 Å². The van der Waals surface area contributed by atoms with E-state index in [1.165, 1.54) is 4.90 Å². The number of hydrogen-bond acceptors (Lipinski definition) is 4. The van der Waals surface area contributed by atoms with Crippen molar-refractivity contribution in [2.75, 3.05) is 23.7 Å². The van der Waals surface area contributed by atoms with Gasteiger partial charge in [-0.05, 0) is 49.6 Å². The number of rotatable bonds is 11. The first-order valence-corrected chi connectivity index (χ1v) is 14.1. The maximum atomic E-state index is 13.9. The lowest BCUT2D eigenvalue weighted by molar-refractivity contribution is -0.140. The predicted molar refractivity (Wildman–Crippen MR) is 148 cm³/mol. The third-order valence-electron chi connectivity index (χ3n) is 6.23. The van der Waals surface area contributed by atoms with Crippen molar-refractivity contribution in [1.29, 1.82) is 0 Å². The van der Waals surface area contributed by atoms with Crippen LogP contribution in [0.3, 0.4) is 0 Å². The van der Waals surface area contributed by atoms with Gasteiger partial charge >= 0.3 is 0 Å². The van der Waals surface area contributed by atoms with Crippen LogP contribution < -0.4 is 9.62 Å². The van der Waals surface area contributed by atoms with Crippen molar-refractivity contribution in [2.24, 2.45) is 0 Å². The van der Waals surface area contributed by atoms with E-state index < -0.39 is 28.5 Å². The van der Waals surface area contributed by atoms with Gasteiger partial charge in [-0.1, -0.05) is 72.3 Å².